The number of hydrogen-bond acceptors (Lipinski definition) is 6. The van der Waals surface area contributed by atoms with Gasteiger partial charge in [-0.3, -0.25) is 24.0 Å². The van der Waals surface area contributed by atoms with Crippen molar-refractivity contribution in [2.45, 2.75) is 25.9 Å². The number of carbonyl (C=O) groups is 2. The molecule has 1 N–H and O–H groups in total. The van der Waals surface area contributed by atoms with Crippen LogP contribution in [0.25, 0.3) is 0 Å². The number of aryl methyl sites for hydroxylation is 1. The molecule has 0 saturated carbocycles. The van der Waals surface area contributed by atoms with Gasteiger partial charge in [-0.15, -0.1) is 0 Å². The van der Waals surface area contributed by atoms with Gasteiger partial charge in [-0.1, -0.05) is 66.7 Å². The second-order valence-electron chi connectivity index (χ2n) is 8.82. The van der Waals surface area contributed by atoms with Gasteiger partial charge >= 0.3 is 0 Å². The Bertz CT molecular complexity index is 1400. The van der Waals surface area contributed by atoms with E-state index in [2.05, 4.69) is 5.32 Å². The average molecular weight is 539 g/mol. The number of benzene rings is 3. The molecule has 0 bridgehead atoms. The van der Waals surface area contributed by atoms with Crippen molar-refractivity contribution in [1.29, 1.82) is 0 Å². The first-order valence-corrected chi connectivity index (χ1v) is 13.7. The highest BCUT2D eigenvalue weighted by Gasteiger charge is 2.33. The number of carbonyl (C=O) groups excluding carboxylic acids is 2. The zero-order valence-corrected chi connectivity index (χ0v) is 22.2. The van der Waals surface area contributed by atoms with E-state index in [1.54, 1.807) is 19.1 Å². The molecular formula is C27H30N4O6S. The molecule has 0 heterocycles. The first-order chi connectivity index (χ1) is 18.0. The highest BCUT2D eigenvalue weighted by Crippen LogP contribution is 2.28. The predicted molar refractivity (Wildman–Crippen MR) is 145 cm³/mol. The van der Waals surface area contributed by atoms with E-state index in [0.717, 1.165) is 27.8 Å². The monoisotopic (exact) mass is 538 g/mol. The molecule has 0 aromatic heterocycles. The number of rotatable bonds is 11. The zero-order valence-electron chi connectivity index (χ0n) is 21.4. The molecule has 10 nitrogen and oxygen atoms in total. The molecule has 3 aromatic rings. The second-order valence-corrected chi connectivity index (χ2v) is 10.7. The smallest absolute Gasteiger partial charge is 0.271 e. The lowest BCUT2D eigenvalue weighted by atomic mass is 10.0. The lowest BCUT2D eigenvalue weighted by Gasteiger charge is -2.33. The first kappa shape index (κ1) is 28.3. The molecule has 200 valence electrons. The summed E-state index contributed by atoms with van der Waals surface area (Å²) in [5.74, 6) is -1.04. The fourth-order valence-electron chi connectivity index (χ4n) is 4.08. The lowest BCUT2D eigenvalue weighted by molar-refractivity contribution is -0.384. The molecule has 0 aliphatic heterocycles. The minimum atomic E-state index is -4.03. The van der Waals surface area contributed by atoms with Gasteiger partial charge in [0.05, 0.1) is 16.9 Å². The summed E-state index contributed by atoms with van der Waals surface area (Å²) in [7, 11) is -2.56. The van der Waals surface area contributed by atoms with Crippen LogP contribution in [0.4, 0.5) is 11.4 Å². The quantitative estimate of drug-likeness (QED) is 0.295. The minimum absolute atomic E-state index is 0.0225. The summed E-state index contributed by atoms with van der Waals surface area (Å²) in [4.78, 5) is 39.0. The molecule has 1 atom stereocenters. The van der Waals surface area contributed by atoms with E-state index in [0.29, 0.717) is 5.56 Å². The van der Waals surface area contributed by atoms with Crippen molar-refractivity contribution in [1.82, 2.24) is 10.2 Å². The molecule has 0 fully saturated rings. The molecule has 3 rings (SSSR count). The van der Waals surface area contributed by atoms with Crippen LogP contribution >= 0.6 is 0 Å². The van der Waals surface area contributed by atoms with Crippen molar-refractivity contribution in [2.75, 3.05) is 24.2 Å². The van der Waals surface area contributed by atoms with Crippen molar-refractivity contribution in [3.05, 3.63) is 106 Å². The van der Waals surface area contributed by atoms with Gasteiger partial charge in [-0.05, 0) is 23.6 Å². The van der Waals surface area contributed by atoms with Crippen molar-refractivity contribution >= 4 is 33.2 Å². The summed E-state index contributed by atoms with van der Waals surface area (Å²) in [5, 5.41) is 14.0. The third kappa shape index (κ3) is 7.16. The van der Waals surface area contributed by atoms with E-state index in [9.17, 15) is 28.1 Å². The van der Waals surface area contributed by atoms with Crippen molar-refractivity contribution in [3.63, 3.8) is 0 Å². The Balaban J connectivity index is 2.06. The third-order valence-electron chi connectivity index (χ3n) is 6.06. The Morgan fingerprint density at radius 1 is 0.974 bits per heavy atom. The summed E-state index contributed by atoms with van der Waals surface area (Å²) in [6.45, 7) is 1.01. The van der Waals surface area contributed by atoms with Crippen LogP contribution in [0, 0.1) is 17.0 Å². The van der Waals surface area contributed by atoms with E-state index in [1.165, 1.54) is 24.1 Å². The van der Waals surface area contributed by atoms with Crippen molar-refractivity contribution in [2.24, 2.45) is 0 Å². The maximum absolute atomic E-state index is 13.9. The molecule has 2 amide bonds. The Hall–Kier alpha value is -4.25. The van der Waals surface area contributed by atoms with E-state index >= 15 is 0 Å². The molecule has 0 aliphatic carbocycles. The number of hydrogen-bond donors (Lipinski definition) is 1. The van der Waals surface area contributed by atoms with Crippen LogP contribution < -0.4 is 9.62 Å². The van der Waals surface area contributed by atoms with Gasteiger partial charge < -0.3 is 10.2 Å². The van der Waals surface area contributed by atoms with Crippen molar-refractivity contribution in [3.8, 4) is 0 Å². The molecule has 1 unspecified atom stereocenters. The number of sulfonamides is 1. The molecule has 0 spiro atoms. The Morgan fingerprint density at radius 3 is 2.08 bits per heavy atom. The van der Waals surface area contributed by atoms with Gasteiger partial charge in [-0.2, -0.15) is 0 Å². The first-order valence-electron chi connectivity index (χ1n) is 11.8. The number of likely N-dealkylation sites (N-methyl/N-ethyl adjacent to an activating group) is 1. The van der Waals surface area contributed by atoms with Crippen LogP contribution in [0.15, 0.2) is 78.9 Å². The van der Waals surface area contributed by atoms with Crippen LogP contribution in [0.2, 0.25) is 0 Å². The summed E-state index contributed by atoms with van der Waals surface area (Å²) in [6, 6.07) is 21.1. The van der Waals surface area contributed by atoms with Crippen LogP contribution in [-0.2, 0) is 32.6 Å². The van der Waals surface area contributed by atoms with Gasteiger partial charge in [0, 0.05) is 32.1 Å². The number of non-ortho nitro benzene ring substituents is 1. The Kier molecular flexibility index (Phi) is 9.19. The third-order valence-corrected chi connectivity index (χ3v) is 7.19. The molecule has 0 aliphatic rings. The van der Waals surface area contributed by atoms with Gasteiger partial charge in [0.15, 0.2) is 0 Å². The number of nitro groups is 1. The predicted octanol–water partition coefficient (Wildman–Crippen LogP) is 3.06. The van der Waals surface area contributed by atoms with E-state index in [-0.39, 0.29) is 24.3 Å². The average Bonchev–Trinajstić information content (AvgIpc) is 2.89. The molecular weight excluding hydrogens is 508 g/mol. The van der Waals surface area contributed by atoms with E-state index in [4.69, 9.17) is 0 Å². The molecule has 11 heteroatoms. The number of nitro benzene ring substituents is 1. The standard InChI is InChI=1S/C27H30N4O6S/c1-20-14-15-23(31(34)35)17-24(20)30(38(3,36)37)19-26(32)29(18-22-12-8-5-9-13-22)25(27(33)28-2)16-21-10-6-4-7-11-21/h4-15,17,25H,16,18-19H2,1-3H3,(H,28,33). The normalized spacial score (nSPS) is 11.9. The second kappa shape index (κ2) is 12.3. The van der Waals surface area contributed by atoms with Crippen LogP contribution in [0.1, 0.15) is 16.7 Å². The zero-order chi connectivity index (χ0) is 27.9. The largest absolute Gasteiger partial charge is 0.357 e. The lowest BCUT2D eigenvalue weighted by Crippen LogP contribution is -2.53. The Labute approximate surface area is 222 Å². The number of anilines is 1. The summed E-state index contributed by atoms with van der Waals surface area (Å²) < 4.78 is 26.5. The van der Waals surface area contributed by atoms with Gasteiger partial charge in [-0.25, -0.2) is 8.42 Å². The van der Waals surface area contributed by atoms with Gasteiger partial charge in [0.1, 0.15) is 12.6 Å². The molecule has 0 saturated heterocycles. The van der Waals surface area contributed by atoms with Gasteiger partial charge in [0.2, 0.25) is 21.8 Å². The van der Waals surface area contributed by atoms with Crippen LogP contribution in [0.3, 0.4) is 0 Å². The maximum Gasteiger partial charge on any atom is 0.271 e. The SMILES string of the molecule is CNC(=O)C(Cc1ccccc1)N(Cc1ccccc1)C(=O)CN(c1cc([N+](=O)[O-])ccc1C)S(C)(=O)=O. The number of nitrogens with zero attached hydrogens (tertiary/aromatic N) is 3. The van der Waals surface area contributed by atoms with Crippen LogP contribution in [-0.4, -0.2) is 55.9 Å². The van der Waals surface area contributed by atoms with E-state index in [1.807, 2.05) is 48.5 Å². The fourth-order valence-corrected chi connectivity index (χ4v) is 4.97. The fraction of sp³-hybridized carbons (Fsp3) is 0.259. The van der Waals surface area contributed by atoms with E-state index < -0.39 is 39.3 Å². The topological polar surface area (TPSA) is 130 Å². The summed E-state index contributed by atoms with van der Waals surface area (Å²) in [5.41, 5.74) is 1.73. The summed E-state index contributed by atoms with van der Waals surface area (Å²) >= 11 is 0. The van der Waals surface area contributed by atoms with Crippen LogP contribution in [0.5, 0.6) is 0 Å². The molecule has 38 heavy (non-hydrogen) atoms. The summed E-state index contributed by atoms with van der Waals surface area (Å²) in [6.07, 6.45) is 1.13. The number of amides is 2. The Morgan fingerprint density at radius 2 is 1.55 bits per heavy atom. The number of nitrogens with one attached hydrogen (secondary N) is 1. The molecule has 0 radical (unpaired) electrons. The highest BCUT2D eigenvalue weighted by molar-refractivity contribution is 7.92. The maximum atomic E-state index is 13.9. The molecule has 3 aromatic carbocycles. The van der Waals surface area contributed by atoms with Gasteiger partial charge in [0.25, 0.3) is 5.69 Å². The van der Waals surface area contributed by atoms with Crippen molar-refractivity contribution < 1.29 is 22.9 Å². The minimum Gasteiger partial charge on any atom is -0.357 e. The highest BCUT2D eigenvalue weighted by atomic mass is 32.2.